The number of carbonyl (C=O) groups is 1. The van der Waals surface area contributed by atoms with E-state index in [1.54, 1.807) is 0 Å². The zero-order valence-corrected chi connectivity index (χ0v) is 10.8. The standard InChI is InChI=1S/C14H20O2/c1-10-6-7-12(11(2)8-10)13(15)16-9-14(3,4)5/h6-8H,9H2,1-5H3. The topological polar surface area (TPSA) is 26.3 Å². The Morgan fingerprint density at radius 3 is 2.38 bits per heavy atom. The molecule has 0 aliphatic rings. The van der Waals surface area contributed by atoms with E-state index in [0.29, 0.717) is 12.2 Å². The predicted octanol–water partition coefficient (Wildman–Crippen LogP) is 3.51. The van der Waals surface area contributed by atoms with Crippen LogP contribution in [0.5, 0.6) is 0 Å². The molecule has 0 bridgehead atoms. The first-order valence-electron chi connectivity index (χ1n) is 5.54. The summed E-state index contributed by atoms with van der Waals surface area (Å²) >= 11 is 0. The average Bonchev–Trinajstić information content (AvgIpc) is 2.13. The predicted molar refractivity (Wildman–Crippen MR) is 65.7 cm³/mol. The Morgan fingerprint density at radius 2 is 1.88 bits per heavy atom. The second-order valence-electron chi connectivity index (χ2n) is 5.46. The van der Waals surface area contributed by atoms with E-state index in [0.717, 1.165) is 11.1 Å². The minimum atomic E-state index is -0.229. The molecule has 0 saturated heterocycles. The molecule has 0 N–H and O–H groups in total. The average molecular weight is 220 g/mol. The van der Waals surface area contributed by atoms with Gasteiger partial charge in [-0.25, -0.2) is 4.79 Å². The number of hydrogen-bond donors (Lipinski definition) is 0. The molecule has 1 aromatic carbocycles. The Labute approximate surface area is 97.6 Å². The number of esters is 1. The van der Waals surface area contributed by atoms with E-state index < -0.39 is 0 Å². The second kappa shape index (κ2) is 4.69. The lowest BCUT2D eigenvalue weighted by atomic mass is 9.98. The zero-order valence-electron chi connectivity index (χ0n) is 10.8. The van der Waals surface area contributed by atoms with Crippen molar-refractivity contribution < 1.29 is 9.53 Å². The maximum atomic E-state index is 11.8. The van der Waals surface area contributed by atoms with Crippen LogP contribution < -0.4 is 0 Å². The van der Waals surface area contributed by atoms with Gasteiger partial charge in [-0.1, -0.05) is 38.5 Å². The van der Waals surface area contributed by atoms with Crippen molar-refractivity contribution in [1.29, 1.82) is 0 Å². The van der Waals surface area contributed by atoms with Crippen LogP contribution in [-0.2, 0) is 4.74 Å². The molecule has 0 saturated carbocycles. The molecule has 0 aromatic heterocycles. The summed E-state index contributed by atoms with van der Waals surface area (Å²) in [6, 6.07) is 5.75. The first-order chi connectivity index (χ1) is 7.29. The van der Waals surface area contributed by atoms with Gasteiger partial charge in [0.1, 0.15) is 0 Å². The third-order valence-corrected chi connectivity index (χ3v) is 2.24. The number of hydrogen-bond acceptors (Lipinski definition) is 2. The number of aryl methyl sites for hydroxylation is 2. The smallest absolute Gasteiger partial charge is 0.338 e. The van der Waals surface area contributed by atoms with Gasteiger partial charge in [-0.2, -0.15) is 0 Å². The van der Waals surface area contributed by atoms with Crippen LogP contribution in [0.3, 0.4) is 0 Å². The Morgan fingerprint density at radius 1 is 1.25 bits per heavy atom. The molecule has 0 aliphatic heterocycles. The summed E-state index contributed by atoms with van der Waals surface area (Å²) in [6.07, 6.45) is 0. The van der Waals surface area contributed by atoms with Gasteiger partial charge in [-0.3, -0.25) is 0 Å². The van der Waals surface area contributed by atoms with E-state index in [9.17, 15) is 4.79 Å². The van der Waals surface area contributed by atoms with Crippen molar-refractivity contribution in [2.24, 2.45) is 5.41 Å². The number of carbonyl (C=O) groups excluding carboxylic acids is 1. The molecule has 1 aromatic rings. The van der Waals surface area contributed by atoms with Crippen LogP contribution in [0.4, 0.5) is 0 Å². The summed E-state index contributed by atoms with van der Waals surface area (Å²) in [4.78, 5) is 11.8. The summed E-state index contributed by atoms with van der Waals surface area (Å²) in [5.74, 6) is -0.229. The van der Waals surface area contributed by atoms with Gasteiger partial charge in [0.05, 0.1) is 12.2 Å². The van der Waals surface area contributed by atoms with Gasteiger partial charge in [-0.05, 0) is 30.9 Å². The van der Waals surface area contributed by atoms with Crippen LogP contribution in [0.15, 0.2) is 18.2 Å². The zero-order chi connectivity index (χ0) is 12.3. The van der Waals surface area contributed by atoms with Crippen LogP contribution in [0.1, 0.15) is 42.3 Å². The highest BCUT2D eigenvalue weighted by Crippen LogP contribution is 2.16. The quantitative estimate of drug-likeness (QED) is 0.713. The van der Waals surface area contributed by atoms with Gasteiger partial charge in [0.2, 0.25) is 0 Å². The van der Waals surface area contributed by atoms with Crippen molar-refractivity contribution in [3.8, 4) is 0 Å². The third-order valence-electron chi connectivity index (χ3n) is 2.24. The summed E-state index contributed by atoms with van der Waals surface area (Å²) in [6.45, 7) is 10.5. The molecule has 0 unspecified atom stereocenters. The fourth-order valence-corrected chi connectivity index (χ4v) is 1.40. The highest BCUT2D eigenvalue weighted by molar-refractivity contribution is 5.91. The van der Waals surface area contributed by atoms with Gasteiger partial charge in [0.25, 0.3) is 0 Å². The summed E-state index contributed by atoms with van der Waals surface area (Å²) in [5, 5.41) is 0. The van der Waals surface area contributed by atoms with Gasteiger partial charge < -0.3 is 4.74 Å². The molecule has 1 rings (SSSR count). The van der Waals surface area contributed by atoms with Crippen LogP contribution in [0, 0.1) is 19.3 Å². The monoisotopic (exact) mass is 220 g/mol. The molecule has 16 heavy (non-hydrogen) atoms. The van der Waals surface area contributed by atoms with Gasteiger partial charge >= 0.3 is 5.97 Å². The Bertz CT molecular complexity index is 386. The first kappa shape index (κ1) is 12.8. The van der Waals surface area contributed by atoms with Crippen molar-refractivity contribution in [3.05, 3.63) is 34.9 Å². The molecule has 2 heteroatoms. The second-order valence-corrected chi connectivity index (χ2v) is 5.46. The molecule has 0 atom stereocenters. The van der Waals surface area contributed by atoms with Gasteiger partial charge in [-0.15, -0.1) is 0 Å². The molecular weight excluding hydrogens is 200 g/mol. The van der Waals surface area contributed by atoms with Crippen molar-refractivity contribution in [2.45, 2.75) is 34.6 Å². The van der Waals surface area contributed by atoms with Crippen molar-refractivity contribution in [1.82, 2.24) is 0 Å². The Hall–Kier alpha value is -1.31. The Kier molecular flexibility index (Phi) is 3.74. The number of ether oxygens (including phenoxy) is 1. The van der Waals surface area contributed by atoms with Crippen LogP contribution in [-0.4, -0.2) is 12.6 Å². The summed E-state index contributed by atoms with van der Waals surface area (Å²) < 4.78 is 5.27. The van der Waals surface area contributed by atoms with E-state index in [-0.39, 0.29) is 11.4 Å². The maximum absolute atomic E-state index is 11.8. The molecule has 0 aliphatic carbocycles. The first-order valence-corrected chi connectivity index (χ1v) is 5.54. The molecule has 0 spiro atoms. The van der Waals surface area contributed by atoms with Gasteiger partial charge in [0, 0.05) is 0 Å². The lowest BCUT2D eigenvalue weighted by Gasteiger charge is -2.18. The van der Waals surface area contributed by atoms with Crippen molar-refractivity contribution in [3.63, 3.8) is 0 Å². The van der Waals surface area contributed by atoms with E-state index in [1.807, 2.05) is 52.8 Å². The lowest BCUT2D eigenvalue weighted by molar-refractivity contribution is 0.0366. The number of benzene rings is 1. The maximum Gasteiger partial charge on any atom is 0.338 e. The molecule has 0 radical (unpaired) electrons. The van der Waals surface area contributed by atoms with Crippen molar-refractivity contribution >= 4 is 5.97 Å². The normalized spacial score (nSPS) is 11.3. The molecule has 0 amide bonds. The third kappa shape index (κ3) is 3.69. The fourth-order valence-electron chi connectivity index (χ4n) is 1.40. The minimum Gasteiger partial charge on any atom is -0.462 e. The van der Waals surface area contributed by atoms with Crippen LogP contribution >= 0.6 is 0 Å². The summed E-state index contributed by atoms with van der Waals surface area (Å²) in [5.41, 5.74) is 2.80. The lowest BCUT2D eigenvalue weighted by Crippen LogP contribution is -2.18. The molecule has 2 nitrogen and oxygen atoms in total. The molecule has 0 heterocycles. The largest absolute Gasteiger partial charge is 0.462 e. The molecule has 0 fully saturated rings. The van der Waals surface area contributed by atoms with E-state index in [4.69, 9.17) is 4.74 Å². The van der Waals surface area contributed by atoms with E-state index >= 15 is 0 Å². The van der Waals surface area contributed by atoms with Crippen LogP contribution in [0.2, 0.25) is 0 Å². The molecule has 88 valence electrons. The van der Waals surface area contributed by atoms with Crippen molar-refractivity contribution in [2.75, 3.05) is 6.61 Å². The van der Waals surface area contributed by atoms with E-state index in [1.165, 1.54) is 0 Å². The summed E-state index contributed by atoms with van der Waals surface area (Å²) in [7, 11) is 0. The Balaban J connectivity index is 2.74. The van der Waals surface area contributed by atoms with Gasteiger partial charge in [0.15, 0.2) is 0 Å². The fraction of sp³-hybridized carbons (Fsp3) is 0.500. The van der Waals surface area contributed by atoms with E-state index in [2.05, 4.69) is 0 Å². The number of rotatable bonds is 2. The SMILES string of the molecule is Cc1ccc(C(=O)OCC(C)(C)C)c(C)c1. The highest BCUT2D eigenvalue weighted by Gasteiger charge is 2.16. The molecular formula is C14H20O2. The highest BCUT2D eigenvalue weighted by atomic mass is 16.5. The van der Waals surface area contributed by atoms with Crippen LogP contribution in [0.25, 0.3) is 0 Å². The minimum absolute atomic E-state index is 0.00820.